The van der Waals surface area contributed by atoms with Gasteiger partial charge in [-0.25, -0.2) is 4.98 Å². The molecule has 1 unspecified atom stereocenters. The Morgan fingerprint density at radius 2 is 2.00 bits per heavy atom. The van der Waals surface area contributed by atoms with E-state index in [1.54, 1.807) is 0 Å². The van der Waals surface area contributed by atoms with Crippen molar-refractivity contribution >= 4 is 34.2 Å². The minimum absolute atomic E-state index is 0.146. The first-order valence-electron chi connectivity index (χ1n) is 7.36. The van der Waals surface area contributed by atoms with Crippen LogP contribution in [0.2, 0.25) is 5.02 Å². The Morgan fingerprint density at radius 1 is 1.24 bits per heavy atom. The molecule has 0 aliphatic rings. The Morgan fingerprint density at radius 3 is 2.67 bits per heavy atom. The summed E-state index contributed by atoms with van der Waals surface area (Å²) in [7, 11) is 0. The first-order valence-corrected chi connectivity index (χ1v) is 8.18. The fraction of sp³-hybridized carbons (Fsp3) is 0.562. The van der Waals surface area contributed by atoms with Crippen LogP contribution in [-0.4, -0.2) is 22.8 Å². The predicted molar refractivity (Wildman–Crippen MR) is 89.3 cm³/mol. The van der Waals surface area contributed by atoms with Crippen molar-refractivity contribution in [3.05, 3.63) is 29.0 Å². The molecule has 1 aromatic carbocycles. The number of hydrogen-bond acceptors (Lipinski definition) is 2. The summed E-state index contributed by atoms with van der Waals surface area (Å²) in [6, 6.07) is 5.71. The summed E-state index contributed by atoms with van der Waals surface area (Å²) < 4.78 is 7.81. The van der Waals surface area contributed by atoms with Crippen LogP contribution in [0.4, 0.5) is 0 Å². The molecule has 1 heterocycles. The van der Waals surface area contributed by atoms with Crippen molar-refractivity contribution in [3.63, 3.8) is 0 Å². The summed E-state index contributed by atoms with van der Waals surface area (Å²) in [6.07, 6.45) is 1.08. The lowest BCUT2D eigenvalue weighted by Gasteiger charge is -2.11. The van der Waals surface area contributed by atoms with Gasteiger partial charge in [0.25, 0.3) is 0 Å². The number of nitrogens with zero attached hydrogens (tertiary/aromatic N) is 2. The smallest absolute Gasteiger partial charge is 0.127 e. The summed E-state index contributed by atoms with van der Waals surface area (Å²) >= 11 is 12.3. The average molecular weight is 329 g/mol. The van der Waals surface area contributed by atoms with Crippen LogP contribution in [-0.2, 0) is 11.3 Å². The van der Waals surface area contributed by atoms with Crippen LogP contribution in [0.5, 0.6) is 0 Å². The number of rotatable bonds is 7. The Kier molecular flexibility index (Phi) is 5.91. The van der Waals surface area contributed by atoms with Crippen molar-refractivity contribution in [1.29, 1.82) is 0 Å². The lowest BCUT2D eigenvalue weighted by Crippen LogP contribution is -2.11. The quantitative estimate of drug-likeness (QED) is 0.525. The molecule has 0 amide bonds. The molecule has 1 atom stereocenters. The molecule has 0 N–H and O–H groups in total. The number of hydrogen-bond donors (Lipinski definition) is 0. The van der Waals surface area contributed by atoms with Crippen LogP contribution in [0, 0.1) is 5.92 Å². The Bertz CT molecular complexity index is 593. The third kappa shape index (κ3) is 4.35. The van der Waals surface area contributed by atoms with Gasteiger partial charge in [-0.05, 0) is 37.5 Å². The zero-order chi connectivity index (χ0) is 15.4. The second-order valence-electron chi connectivity index (χ2n) is 5.67. The highest BCUT2D eigenvalue weighted by Crippen LogP contribution is 2.26. The van der Waals surface area contributed by atoms with E-state index in [0.29, 0.717) is 17.5 Å². The molecule has 2 rings (SSSR count). The van der Waals surface area contributed by atoms with E-state index >= 15 is 0 Å². The maximum atomic E-state index is 6.24. The van der Waals surface area contributed by atoms with Gasteiger partial charge in [-0.1, -0.05) is 25.4 Å². The maximum absolute atomic E-state index is 6.24. The molecule has 0 spiro atoms. The Hall–Kier alpha value is -0.770. The number of ether oxygens (including phenoxy) is 1. The van der Waals surface area contributed by atoms with Crippen LogP contribution in [0.1, 0.15) is 38.4 Å². The molecule has 0 saturated heterocycles. The molecule has 0 aliphatic heterocycles. The highest BCUT2D eigenvalue weighted by atomic mass is 35.5. The van der Waals surface area contributed by atoms with Gasteiger partial charge in [0.2, 0.25) is 0 Å². The van der Waals surface area contributed by atoms with Gasteiger partial charge in [-0.15, -0.1) is 11.6 Å². The van der Waals surface area contributed by atoms with Gasteiger partial charge in [0, 0.05) is 18.2 Å². The minimum Gasteiger partial charge on any atom is -0.380 e. The van der Waals surface area contributed by atoms with Crippen LogP contribution < -0.4 is 0 Å². The number of alkyl halides is 1. The number of fused-ring (bicyclic) bond motifs is 1. The van der Waals surface area contributed by atoms with E-state index in [1.807, 2.05) is 25.1 Å². The fourth-order valence-electron chi connectivity index (χ4n) is 2.23. The summed E-state index contributed by atoms with van der Waals surface area (Å²) in [4.78, 5) is 4.60. The Balaban J connectivity index is 2.12. The van der Waals surface area contributed by atoms with E-state index in [0.717, 1.165) is 36.4 Å². The maximum Gasteiger partial charge on any atom is 0.127 e. The van der Waals surface area contributed by atoms with E-state index in [9.17, 15) is 0 Å². The fourth-order valence-corrected chi connectivity index (χ4v) is 2.56. The molecule has 116 valence electrons. The van der Waals surface area contributed by atoms with E-state index in [4.69, 9.17) is 27.9 Å². The molecule has 0 bridgehead atoms. The van der Waals surface area contributed by atoms with Gasteiger partial charge < -0.3 is 9.30 Å². The highest BCUT2D eigenvalue weighted by Gasteiger charge is 2.15. The second kappa shape index (κ2) is 7.48. The molecule has 5 heteroatoms. The van der Waals surface area contributed by atoms with Crippen LogP contribution >= 0.6 is 23.2 Å². The van der Waals surface area contributed by atoms with Crippen molar-refractivity contribution in [1.82, 2.24) is 9.55 Å². The van der Waals surface area contributed by atoms with Gasteiger partial charge in [0.15, 0.2) is 0 Å². The topological polar surface area (TPSA) is 27.1 Å². The van der Waals surface area contributed by atoms with Crippen molar-refractivity contribution in [2.75, 3.05) is 13.2 Å². The Labute approximate surface area is 136 Å². The van der Waals surface area contributed by atoms with E-state index in [-0.39, 0.29) is 5.38 Å². The normalized spacial score (nSPS) is 13.2. The van der Waals surface area contributed by atoms with Gasteiger partial charge in [-0.2, -0.15) is 0 Å². The van der Waals surface area contributed by atoms with Crippen molar-refractivity contribution < 1.29 is 4.74 Å². The molecular weight excluding hydrogens is 307 g/mol. The molecule has 1 aromatic heterocycles. The standard InChI is InChI=1S/C16H22Cl2N2O/c1-11(2)6-8-21-9-7-20-15-10-13(18)4-5-14(15)19-16(20)12(3)17/h4-5,10-12H,6-9H2,1-3H3. The molecule has 0 aliphatic carbocycles. The molecule has 21 heavy (non-hydrogen) atoms. The van der Waals surface area contributed by atoms with Crippen molar-refractivity contribution in [2.45, 2.75) is 39.1 Å². The number of aromatic nitrogens is 2. The number of benzene rings is 1. The van der Waals surface area contributed by atoms with E-state index in [2.05, 4.69) is 23.4 Å². The SMILES string of the molecule is CC(C)CCOCCn1c(C(C)Cl)nc2ccc(Cl)cc21. The summed E-state index contributed by atoms with van der Waals surface area (Å²) in [6.45, 7) is 8.50. The van der Waals surface area contributed by atoms with Gasteiger partial charge in [0.05, 0.1) is 23.0 Å². The monoisotopic (exact) mass is 328 g/mol. The third-order valence-electron chi connectivity index (χ3n) is 3.39. The van der Waals surface area contributed by atoms with Gasteiger partial charge >= 0.3 is 0 Å². The van der Waals surface area contributed by atoms with Gasteiger partial charge in [0.1, 0.15) is 5.82 Å². The number of halogens is 2. The van der Waals surface area contributed by atoms with Gasteiger partial charge in [-0.3, -0.25) is 0 Å². The molecular formula is C16H22Cl2N2O. The van der Waals surface area contributed by atoms with Crippen LogP contribution in [0.3, 0.4) is 0 Å². The van der Waals surface area contributed by atoms with Crippen molar-refractivity contribution in [2.24, 2.45) is 5.92 Å². The lowest BCUT2D eigenvalue weighted by atomic mass is 10.1. The van der Waals surface area contributed by atoms with Crippen LogP contribution in [0.25, 0.3) is 11.0 Å². The largest absolute Gasteiger partial charge is 0.380 e. The van der Waals surface area contributed by atoms with Crippen molar-refractivity contribution in [3.8, 4) is 0 Å². The van der Waals surface area contributed by atoms with E-state index < -0.39 is 0 Å². The van der Waals surface area contributed by atoms with E-state index in [1.165, 1.54) is 0 Å². The van der Waals surface area contributed by atoms with Crippen LogP contribution in [0.15, 0.2) is 18.2 Å². The summed E-state index contributed by atoms with van der Waals surface area (Å²) in [5.74, 6) is 1.53. The molecule has 2 aromatic rings. The molecule has 0 radical (unpaired) electrons. The first-order chi connectivity index (χ1) is 9.99. The third-order valence-corrected chi connectivity index (χ3v) is 3.82. The predicted octanol–water partition coefficient (Wildman–Crippen LogP) is 5.05. The second-order valence-corrected chi connectivity index (χ2v) is 6.76. The first kappa shape index (κ1) is 16.6. The number of imidazole rings is 1. The zero-order valence-electron chi connectivity index (χ0n) is 12.8. The minimum atomic E-state index is -0.146. The molecule has 0 fully saturated rings. The lowest BCUT2D eigenvalue weighted by molar-refractivity contribution is 0.116. The molecule has 3 nitrogen and oxygen atoms in total. The summed E-state index contributed by atoms with van der Waals surface area (Å²) in [5.41, 5.74) is 1.93. The molecule has 0 saturated carbocycles. The average Bonchev–Trinajstić information content (AvgIpc) is 2.76. The zero-order valence-corrected chi connectivity index (χ0v) is 14.3. The summed E-state index contributed by atoms with van der Waals surface area (Å²) in [5, 5.41) is 0.560. The highest BCUT2D eigenvalue weighted by molar-refractivity contribution is 6.31.